The summed E-state index contributed by atoms with van der Waals surface area (Å²) in [7, 11) is 0. The number of benzene rings is 2. The zero-order valence-corrected chi connectivity index (χ0v) is 12.7. The molecule has 2 aromatic carbocycles. The first-order chi connectivity index (χ1) is 10.9. The molecule has 0 aromatic heterocycles. The lowest BCUT2D eigenvalue weighted by Gasteiger charge is -2.15. The second kappa shape index (κ2) is 6.95. The maximum atomic E-state index is 10.6. The molecule has 23 heavy (non-hydrogen) atoms. The molecule has 0 heterocycles. The molecular weight excluding hydrogens is 300 g/mol. The fourth-order valence-electron chi connectivity index (χ4n) is 2.22. The minimum atomic E-state index is -0.479. The van der Waals surface area contributed by atoms with Crippen LogP contribution in [0.1, 0.15) is 18.1 Å². The Kier molecular flexibility index (Phi) is 4.99. The van der Waals surface area contributed by atoms with Crippen LogP contribution in [0, 0.1) is 17.0 Å². The molecule has 120 valence electrons. The molecule has 2 rings (SSSR count). The van der Waals surface area contributed by atoms with Gasteiger partial charge in [0.2, 0.25) is 0 Å². The summed E-state index contributed by atoms with van der Waals surface area (Å²) in [4.78, 5) is 10.1. The maximum Gasteiger partial charge on any atom is 0.269 e. The van der Waals surface area contributed by atoms with Crippen LogP contribution in [0.4, 0.5) is 22.7 Å². The van der Waals surface area contributed by atoms with Crippen LogP contribution in [0.15, 0.2) is 46.6 Å². The van der Waals surface area contributed by atoms with Crippen molar-refractivity contribution < 1.29 is 15.3 Å². The van der Waals surface area contributed by atoms with Crippen molar-refractivity contribution in [1.82, 2.24) is 0 Å². The molecule has 0 saturated carbocycles. The van der Waals surface area contributed by atoms with Gasteiger partial charge in [0.25, 0.3) is 5.69 Å². The van der Waals surface area contributed by atoms with E-state index < -0.39 is 4.92 Å². The van der Waals surface area contributed by atoms with Crippen LogP contribution in [-0.4, -0.2) is 15.3 Å². The Balaban J connectivity index is 2.30. The van der Waals surface area contributed by atoms with Crippen LogP contribution in [0.3, 0.4) is 0 Å². The molecule has 0 aliphatic carbocycles. The largest absolute Gasteiger partial charge is 0.269 e. The Labute approximate surface area is 132 Å². The van der Waals surface area contributed by atoms with Gasteiger partial charge in [-0.25, -0.2) is 0 Å². The van der Waals surface area contributed by atoms with E-state index in [0.29, 0.717) is 23.5 Å². The number of nitro benzene ring substituents is 1. The summed E-state index contributed by atoms with van der Waals surface area (Å²) in [6.45, 7) is 3.71. The minimum absolute atomic E-state index is 0.0104. The number of azo groups is 1. The lowest BCUT2D eigenvalue weighted by atomic mass is 10.0. The Hall–Kier alpha value is -2.84. The number of anilines is 1. The van der Waals surface area contributed by atoms with Gasteiger partial charge in [-0.3, -0.25) is 20.5 Å². The van der Waals surface area contributed by atoms with Crippen molar-refractivity contribution in [2.45, 2.75) is 20.3 Å². The second-order valence-electron chi connectivity index (χ2n) is 4.82. The van der Waals surface area contributed by atoms with Gasteiger partial charge in [0.15, 0.2) is 0 Å². The van der Waals surface area contributed by atoms with Gasteiger partial charge in [-0.05, 0) is 48.7 Å². The molecule has 0 aliphatic heterocycles. The van der Waals surface area contributed by atoms with Crippen LogP contribution in [0.2, 0.25) is 0 Å². The summed E-state index contributed by atoms with van der Waals surface area (Å²) < 4.78 is 0. The van der Waals surface area contributed by atoms with E-state index in [2.05, 4.69) is 10.2 Å². The molecule has 8 heteroatoms. The fraction of sp³-hybridized carbons (Fsp3) is 0.200. The summed E-state index contributed by atoms with van der Waals surface area (Å²) in [6.07, 6.45) is 0.597. The van der Waals surface area contributed by atoms with E-state index in [1.54, 1.807) is 6.07 Å². The van der Waals surface area contributed by atoms with Crippen molar-refractivity contribution in [2.75, 3.05) is 5.23 Å². The first-order valence-electron chi connectivity index (χ1n) is 6.90. The molecule has 8 nitrogen and oxygen atoms in total. The fourth-order valence-corrected chi connectivity index (χ4v) is 2.22. The van der Waals surface area contributed by atoms with Gasteiger partial charge in [0.1, 0.15) is 0 Å². The summed E-state index contributed by atoms with van der Waals surface area (Å²) >= 11 is 0. The van der Waals surface area contributed by atoms with Crippen molar-refractivity contribution >= 4 is 22.7 Å². The minimum Gasteiger partial charge on any atom is -0.264 e. The van der Waals surface area contributed by atoms with Crippen LogP contribution in [0.5, 0.6) is 0 Å². The molecule has 0 radical (unpaired) electrons. The van der Waals surface area contributed by atoms with Gasteiger partial charge in [0.05, 0.1) is 22.0 Å². The predicted molar refractivity (Wildman–Crippen MR) is 83.9 cm³/mol. The monoisotopic (exact) mass is 316 g/mol. The van der Waals surface area contributed by atoms with Gasteiger partial charge in [-0.15, -0.1) is 5.23 Å². The van der Waals surface area contributed by atoms with E-state index in [9.17, 15) is 20.5 Å². The Morgan fingerprint density at radius 2 is 1.78 bits per heavy atom. The number of hydrogen-bond acceptors (Lipinski definition) is 7. The molecular formula is C15H16N4O4. The van der Waals surface area contributed by atoms with Gasteiger partial charge >= 0.3 is 0 Å². The number of rotatable bonds is 5. The maximum absolute atomic E-state index is 10.6. The molecule has 0 amide bonds. The Bertz CT molecular complexity index is 742. The third-order valence-corrected chi connectivity index (χ3v) is 3.45. The van der Waals surface area contributed by atoms with Crippen molar-refractivity contribution in [2.24, 2.45) is 10.2 Å². The highest BCUT2D eigenvalue weighted by Crippen LogP contribution is 2.31. The smallest absolute Gasteiger partial charge is 0.264 e. The van der Waals surface area contributed by atoms with E-state index in [1.165, 1.54) is 30.3 Å². The average molecular weight is 316 g/mol. The summed E-state index contributed by atoms with van der Waals surface area (Å²) in [5, 5.41) is 37.3. The Morgan fingerprint density at radius 3 is 2.30 bits per heavy atom. The molecule has 0 unspecified atom stereocenters. The highest BCUT2D eigenvalue weighted by atomic mass is 16.8. The van der Waals surface area contributed by atoms with Crippen LogP contribution in [-0.2, 0) is 6.42 Å². The lowest BCUT2D eigenvalue weighted by Crippen LogP contribution is -2.13. The lowest BCUT2D eigenvalue weighted by molar-refractivity contribution is -0.384. The molecule has 0 aliphatic rings. The first kappa shape index (κ1) is 16.5. The topological polar surface area (TPSA) is 112 Å². The molecule has 0 saturated heterocycles. The van der Waals surface area contributed by atoms with E-state index in [-0.39, 0.29) is 10.9 Å². The highest BCUT2D eigenvalue weighted by Gasteiger charge is 2.12. The summed E-state index contributed by atoms with van der Waals surface area (Å²) in [5.74, 6) is 0. The Morgan fingerprint density at radius 1 is 1.13 bits per heavy atom. The molecule has 0 spiro atoms. The molecule has 2 N–H and O–H groups in total. The van der Waals surface area contributed by atoms with Crippen LogP contribution < -0.4 is 5.23 Å². The molecule has 2 aromatic rings. The van der Waals surface area contributed by atoms with E-state index >= 15 is 0 Å². The van der Waals surface area contributed by atoms with Crippen molar-refractivity contribution in [3.05, 3.63) is 57.6 Å². The van der Waals surface area contributed by atoms with E-state index in [0.717, 1.165) is 11.1 Å². The highest BCUT2D eigenvalue weighted by molar-refractivity contribution is 5.62. The summed E-state index contributed by atoms with van der Waals surface area (Å²) in [6, 6.07) is 8.90. The third kappa shape index (κ3) is 3.68. The van der Waals surface area contributed by atoms with Gasteiger partial charge in [-0.2, -0.15) is 10.2 Å². The summed E-state index contributed by atoms with van der Waals surface area (Å²) in [5.41, 5.74) is 2.89. The van der Waals surface area contributed by atoms with Gasteiger partial charge in [0, 0.05) is 12.1 Å². The van der Waals surface area contributed by atoms with Gasteiger partial charge < -0.3 is 0 Å². The first-order valence-corrected chi connectivity index (χ1v) is 6.90. The molecule has 0 atom stereocenters. The van der Waals surface area contributed by atoms with Crippen LogP contribution in [0.25, 0.3) is 0 Å². The van der Waals surface area contributed by atoms with Crippen molar-refractivity contribution in [3.63, 3.8) is 0 Å². The molecule has 0 fully saturated rings. The van der Waals surface area contributed by atoms with Crippen molar-refractivity contribution in [1.29, 1.82) is 0 Å². The number of nitro groups is 1. The van der Waals surface area contributed by atoms with Gasteiger partial charge in [-0.1, -0.05) is 6.92 Å². The number of hydrogen-bond donors (Lipinski definition) is 2. The second-order valence-corrected chi connectivity index (χ2v) is 4.82. The standard InChI is InChI=1S/C15H16N4O4/c1-3-13-10(2)14(8-9-15(13)19(22)23)17-16-11-4-6-12(7-5-11)18(20)21/h4-9,22-23H,3H2,1-2H3. The SMILES string of the molecule is CCc1c(N(O)O)ccc(N=Nc2ccc([N+](=O)[O-])cc2)c1C. The normalized spacial score (nSPS) is 11.0. The number of non-ortho nitro benzene ring substituents is 1. The van der Waals surface area contributed by atoms with Crippen LogP contribution >= 0.6 is 0 Å². The average Bonchev–Trinajstić information content (AvgIpc) is 2.53. The van der Waals surface area contributed by atoms with Crippen molar-refractivity contribution in [3.8, 4) is 0 Å². The third-order valence-electron chi connectivity index (χ3n) is 3.45. The van der Waals surface area contributed by atoms with E-state index in [4.69, 9.17) is 0 Å². The zero-order valence-electron chi connectivity index (χ0n) is 12.7. The van der Waals surface area contributed by atoms with E-state index in [1.807, 2.05) is 13.8 Å². The molecule has 0 bridgehead atoms. The zero-order chi connectivity index (χ0) is 17.0. The quantitative estimate of drug-likeness (QED) is 0.480. The number of nitrogens with zero attached hydrogens (tertiary/aromatic N) is 4. The predicted octanol–water partition coefficient (Wildman–Crippen LogP) is 4.47.